The minimum absolute atomic E-state index is 0.337. The molecule has 0 radical (unpaired) electrons. The maximum absolute atomic E-state index is 5.29. The van der Waals surface area contributed by atoms with Crippen LogP contribution in [-0.4, -0.2) is 9.97 Å². The van der Waals surface area contributed by atoms with Crippen molar-refractivity contribution < 1.29 is 0 Å². The fourth-order valence-electron chi connectivity index (χ4n) is 8.96. The Kier molecular flexibility index (Phi) is 5.91. The Morgan fingerprint density at radius 3 is 1.63 bits per heavy atom. The second kappa shape index (κ2) is 10.7. The molecule has 0 N–H and O–H groups in total. The number of rotatable bonds is 3. The first-order chi connectivity index (χ1) is 25.3. The summed E-state index contributed by atoms with van der Waals surface area (Å²) >= 11 is 0. The normalized spacial score (nSPS) is 13.3. The van der Waals surface area contributed by atoms with Gasteiger partial charge in [-0.3, -0.25) is 0 Å². The van der Waals surface area contributed by atoms with Crippen molar-refractivity contribution in [2.75, 3.05) is 0 Å². The average Bonchev–Trinajstić information content (AvgIpc) is 3.67. The van der Waals surface area contributed by atoms with E-state index in [4.69, 9.17) is 9.97 Å². The van der Waals surface area contributed by atoms with E-state index in [-0.39, 0.29) is 5.41 Å². The summed E-state index contributed by atoms with van der Waals surface area (Å²) in [5.41, 5.74) is 16.7. The monoisotopic (exact) mass is 646 g/mol. The maximum Gasteiger partial charge on any atom is 0.160 e. The van der Waals surface area contributed by atoms with Crippen LogP contribution in [0.5, 0.6) is 0 Å². The van der Waals surface area contributed by atoms with E-state index < -0.39 is 0 Å². The molecule has 8 aromatic carbocycles. The molecule has 0 saturated carbocycles. The zero-order valence-electron chi connectivity index (χ0n) is 27.7. The lowest BCUT2D eigenvalue weighted by Gasteiger charge is -2.30. The molecule has 236 valence electrons. The van der Waals surface area contributed by atoms with Crippen LogP contribution in [0.1, 0.15) is 22.3 Å². The Balaban J connectivity index is 1.08. The van der Waals surface area contributed by atoms with E-state index in [0.29, 0.717) is 0 Å². The Labute approximate surface area is 296 Å². The van der Waals surface area contributed by atoms with Crippen LogP contribution in [0.2, 0.25) is 0 Å². The largest absolute Gasteiger partial charge is 0.228 e. The molecule has 2 nitrogen and oxygen atoms in total. The van der Waals surface area contributed by atoms with Gasteiger partial charge in [0.25, 0.3) is 0 Å². The van der Waals surface area contributed by atoms with E-state index in [9.17, 15) is 0 Å². The van der Waals surface area contributed by atoms with Crippen LogP contribution in [0.25, 0.3) is 77.7 Å². The molecule has 51 heavy (non-hydrogen) atoms. The van der Waals surface area contributed by atoms with E-state index >= 15 is 0 Å². The molecule has 0 bridgehead atoms. The highest BCUT2D eigenvalue weighted by Crippen LogP contribution is 2.62. The van der Waals surface area contributed by atoms with Crippen LogP contribution in [0.3, 0.4) is 0 Å². The molecule has 0 aliphatic heterocycles. The second-order valence-corrected chi connectivity index (χ2v) is 13.7. The fourth-order valence-corrected chi connectivity index (χ4v) is 8.96. The Bertz CT molecular complexity index is 2830. The first kappa shape index (κ1) is 28.2. The maximum atomic E-state index is 5.29. The van der Waals surface area contributed by atoms with E-state index in [2.05, 4.69) is 182 Å². The Morgan fingerprint density at radius 2 is 0.863 bits per heavy atom. The van der Waals surface area contributed by atoms with Crippen LogP contribution in [0, 0.1) is 0 Å². The van der Waals surface area contributed by atoms with Gasteiger partial charge in [-0.25, -0.2) is 9.97 Å². The highest BCUT2D eigenvalue weighted by Gasteiger charge is 2.51. The third-order valence-corrected chi connectivity index (χ3v) is 11.1. The number of benzene rings is 8. The van der Waals surface area contributed by atoms with Gasteiger partial charge in [0.2, 0.25) is 0 Å². The van der Waals surface area contributed by atoms with Gasteiger partial charge in [-0.1, -0.05) is 164 Å². The van der Waals surface area contributed by atoms with Gasteiger partial charge in [-0.15, -0.1) is 0 Å². The van der Waals surface area contributed by atoms with Crippen molar-refractivity contribution in [3.05, 3.63) is 204 Å². The Hall–Kier alpha value is -6.64. The number of para-hydroxylation sites is 1. The van der Waals surface area contributed by atoms with Crippen LogP contribution < -0.4 is 0 Å². The van der Waals surface area contributed by atoms with Gasteiger partial charge >= 0.3 is 0 Å². The van der Waals surface area contributed by atoms with Crippen LogP contribution in [0.15, 0.2) is 182 Å². The number of hydrogen-bond acceptors (Lipinski definition) is 2. The molecule has 1 heterocycles. The first-order valence-corrected chi connectivity index (χ1v) is 17.6. The quantitative estimate of drug-likeness (QED) is 0.191. The summed E-state index contributed by atoms with van der Waals surface area (Å²) in [6, 6.07) is 66.0. The molecule has 0 atom stereocenters. The van der Waals surface area contributed by atoms with Crippen molar-refractivity contribution in [1.82, 2.24) is 9.97 Å². The van der Waals surface area contributed by atoms with Crippen molar-refractivity contribution >= 4 is 21.7 Å². The lowest BCUT2D eigenvalue weighted by molar-refractivity contribution is 0.794. The number of aromatic nitrogens is 2. The minimum Gasteiger partial charge on any atom is -0.228 e. The summed E-state index contributed by atoms with van der Waals surface area (Å²) in [5, 5.41) is 3.44. The molecule has 2 heteroatoms. The van der Waals surface area contributed by atoms with Gasteiger partial charge < -0.3 is 0 Å². The molecule has 11 rings (SSSR count). The van der Waals surface area contributed by atoms with Crippen molar-refractivity contribution in [2.45, 2.75) is 5.41 Å². The molecule has 0 saturated heterocycles. The predicted molar refractivity (Wildman–Crippen MR) is 210 cm³/mol. The minimum atomic E-state index is -0.337. The third kappa shape index (κ3) is 3.93. The average molecular weight is 647 g/mol. The summed E-state index contributed by atoms with van der Waals surface area (Å²) in [4.78, 5) is 10.4. The smallest absolute Gasteiger partial charge is 0.160 e. The molecule has 0 amide bonds. The standard InChI is InChI=1S/C49H30N2/c1-2-17-35-31(13-1)14-12-22-39(35)47-40-21-6-10-26-46(40)50-48(51-47)34-16-11-15-32(29-34)33-27-28-45-41(30-33)38-20-5-9-25-44(38)49(45)42-23-7-3-18-36(42)37-19-4-8-24-43(37)49/h1-30H. The van der Waals surface area contributed by atoms with Gasteiger partial charge in [-0.05, 0) is 84.6 Å². The van der Waals surface area contributed by atoms with E-state index in [1.807, 2.05) is 0 Å². The van der Waals surface area contributed by atoms with Crippen LogP contribution >= 0.6 is 0 Å². The van der Waals surface area contributed by atoms with E-state index in [1.54, 1.807) is 0 Å². The summed E-state index contributed by atoms with van der Waals surface area (Å²) in [5.74, 6) is 0.725. The summed E-state index contributed by atoms with van der Waals surface area (Å²) < 4.78 is 0. The fraction of sp³-hybridized carbons (Fsp3) is 0.0204. The van der Waals surface area contributed by atoms with Crippen LogP contribution in [0.4, 0.5) is 0 Å². The summed E-state index contributed by atoms with van der Waals surface area (Å²) in [6.07, 6.45) is 0. The molecule has 2 aliphatic carbocycles. The van der Waals surface area contributed by atoms with Crippen molar-refractivity contribution in [2.24, 2.45) is 0 Å². The zero-order valence-corrected chi connectivity index (χ0v) is 27.7. The van der Waals surface area contributed by atoms with Gasteiger partial charge in [-0.2, -0.15) is 0 Å². The SMILES string of the molecule is c1cc(-c2ccc3c(c2)-c2ccccc2C32c3ccccc3-c3ccccc32)cc(-c2nc(-c3cccc4ccccc34)c3ccccc3n2)c1. The molecular weight excluding hydrogens is 617 g/mol. The molecule has 9 aromatic rings. The van der Waals surface area contributed by atoms with E-state index in [1.165, 1.54) is 60.8 Å². The lowest BCUT2D eigenvalue weighted by Crippen LogP contribution is -2.25. The van der Waals surface area contributed by atoms with Gasteiger partial charge in [0.05, 0.1) is 16.6 Å². The van der Waals surface area contributed by atoms with Crippen molar-refractivity contribution in [3.8, 4) is 56.0 Å². The summed E-state index contributed by atoms with van der Waals surface area (Å²) in [6.45, 7) is 0. The van der Waals surface area contributed by atoms with E-state index in [0.717, 1.165) is 39.1 Å². The highest BCUT2D eigenvalue weighted by atomic mass is 14.9. The molecule has 2 aliphatic rings. The molecule has 0 unspecified atom stereocenters. The third-order valence-electron chi connectivity index (χ3n) is 11.1. The second-order valence-electron chi connectivity index (χ2n) is 13.7. The highest BCUT2D eigenvalue weighted by molar-refractivity contribution is 6.04. The zero-order chi connectivity index (χ0) is 33.5. The van der Waals surface area contributed by atoms with Gasteiger partial charge in [0, 0.05) is 16.5 Å². The number of hydrogen-bond donors (Lipinski definition) is 0. The number of fused-ring (bicyclic) bond motifs is 12. The first-order valence-electron chi connectivity index (χ1n) is 17.6. The molecular formula is C49H30N2. The van der Waals surface area contributed by atoms with Gasteiger partial charge in [0.15, 0.2) is 5.82 Å². The molecule has 1 aromatic heterocycles. The number of nitrogens with zero attached hydrogens (tertiary/aromatic N) is 2. The topological polar surface area (TPSA) is 25.8 Å². The molecule has 1 spiro atoms. The summed E-state index contributed by atoms with van der Waals surface area (Å²) in [7, 11) is 0. The molecule has 0 fully saturated rings. The van der Waals surface area contributed by atoms with Crippen molar-refractivity contribution in [1.29, 1.82) is 0 Å². The van der Waals surface area contributed by atoms with Gasteiger partial charge in [0.1, 0.15) is 0 Å². The predicted octanol–water partition coefficient (Wildman–Crippen LogP) is 12.1. The lowest BCUT2D eigenvalue weighted by atomic mass is 9.70. The van der Waals surface area contributed by atoms with Crippen LogP contribution in [-0.2, 0) is 5.41 Å². The van der Waals surface area contributed by atoms with Crippen molar-refractivity contribution in [3.63, 3.8) is 0 Å². The Morgan fingerprint density at radius 1 is 0.333 bits per heavy atom.